The maximum atomic E-state index is 13.5. The van der Waals surface area contributed by atoms with Crippen LogP contribution in [0.15, 0.2) is 24.3 Å². The summed E-state index contributed by atoms with van der Waals surface area (Å²) in [6.45, 7) is 1.83. The van der Waals surface area contributed by atoms with E-state index in [2.05, 4.69) is 10.4 Å². The molecule has 0 bridgehead atoms. The summed E-state index contributed by atoms with van der Waals surface area (Å²) in [5.74, 6) is 5.01. The van der Waals surface area contributed by atoms with Crippen LogP contribution >= 0.6 is 11.3 Å². The maximum absolute atomic E-state index is 13.5. The van der Waals surface area contributed by atoms with Gasteiger partial charge < -0.3 is 0 Å². The fourth-order valence-corrected chi connectivity index (χ4v) is 2.26. The van der Waals surface area contributed by atoms with Crippen LogP contribution in [0, 0.1) is 12.7 Å². The topological polar surface area (TPSA) is 50.9 Å². The van der Waals surface area contributed by atoms with Gasteiger partial charge in [0.2, 0.25) is 0 Å². The summed E-state index contributed by atoms with van der Waals surface area (Å²) >= 11 is 1.34. The molecule has 1 aromatic carbocycles. The Morgan fingerprint density at radius 2 is 2.13 bits per heavy atom. The zero-order chi connectivity index (χ0) is 10.8. The minimum absolute atomic E-state index is 0.243. The Balaban J connectivity index is 2.54. The number of hydrazine groups is 1. The van der Waals surface area contributed by atoms with Gasteiger partial charge in [-0.1, -0.05) is 29.5 Å². The van der Waals surface area contributed by atoms with E-state index in [-0.39, 0.29) is 5.82 Å². The lowest BCUT2D eigenvalue weighted by molar-refractivity contribution is 0.631. The number of rotatable bonds is 2. The van der Waals surface area contributed by atoms with Crippen molar-refractivity contribution < 1.29 is 4.39 Å². The number of nitrogens with one attached hydrogen (secondary N) is 1. The Kier molecular flexibility index (Phi) is 2.66. The summed E-state index contributed by atoms with van der Waals surface area (Å²) in [6, 6.07) is 6.63. The number of aryl methyl sites for hydroxylation is 1. The van der Waals surface area contributed by atoms with Crippen molar-refractivity contribution in [3.8, 4) is 10.4 Å². The molecule has 0 saturated heterocycles. The third-order valence-corrected chi connectivity index (χ3v) is 3.16. The highest BCUT2D eigenvalue weighted by Crippen LogP contribution is 2.33. The number of thiazole rings is 1. The van der Waals surface area contributed by atoms with E-state index in [1.54, 1.807) is 18.2 Å². The second-order valence-electron chi connectivity index (χ2n) is 3.06. The number of benzene rings is 1. The van der Waals surface area contributed by atoms with E-state index in [0.717, 1.165) is 10.6 Å². The second kappa shape index (κ2) is 3.96. The van der Waals surface area contributed by atoms with Crippen molar-refractivity contribution >= 4 is 16.5 Å². The average molecular weight is 223 g/mol. The molecule has 0 unspecified atom stereocenters. The molecule has 3 nitrogen and oxygen atoms in total. The van der Waals surface area contributed by atoms with Gasteiger partial charge >= 0.3 is 0 Å². The van der Waals surface area contributed by atoms with Crippen LogP contribution in [-0.4, -0.2) is 4.98 Å². The van der Waals surface area contributed by atoms with Crippen LogP contribution in [0.2, 0.25) is 0 Å². The third-order valence-electron chi connectivity index (χ3n) is 2.04. The number of aromatic nitrogens is 1. The van der Waals surface area contributed by atoms with E-state index >= 15 is 0 Å². The lowest BCUT2D eigenvalue weighted by Crippen LogP contribution is -2.05. The van der Waals surface area contributed by atoms with Gasteiger partial charge in [0.25, 0.3) is 0 Å². The highest BCUT2D eigenvalue weighted by atomic mass is 32.1. The molecule has 2 rings (SSSR count). The van der Waals surface area contributed by atoms with Crippen LogP contribution in [0.5, 0.6) is 0 Å². The number of nitrogens with two attached hydrogens (primary N) is 1. The largest absolute Gasteiger partial charge is 0.300 e. The van der Waals surface area contributed by atoms with E-state index in [9.17, 15) is 4.39 Å². The van der Waals surface area contributed by atoms with E-state index in [1.807, 2.05) is 6.92 Å². The number of hydrogen-bond acceptors (Lipinski definition) is 4. The molecule has 0 radical (unpaired) electrons. The fourth-order valence-electron chi connectivity index (χ4n) is 1.35. The van der Waals surface area contributed by atoms with Crippen molar-refractivity contribution in [3.63, 3.8) is 0 Å². The smallest absolute Gasteiger partial charge is 0.197 e. The molecule has 3 N–H and O–H groups in total. The first-order valence-corrected chi connectivity index (χ1v) is 5.23. The van der Waals surface area contributed by atoms with Crippen LogP contribution < -0.4 is 11.3 Å². The first-order chi connectivity index (χ1) is 7.22. The fraction of sp³-hybridized carbons (Fsp3) is 0.100. The molecule has 0 spiro atoms. The lowest BCUT2D eigenvalue weighted by atomic mass is 10.1. The monoisotopic (exact) mass is 223 g/mol. The minimum Gasteiger partial charge on any atom is -0.300 e. The number of anilines is 1. The Labute approximate surface area is 90.7 Å². The van der Waals surface area contributed by atoms with Crippen molar-refractivity contribution in [2.45, 2.75) is 6.92 Å². The Bertz CT molecular complexity index is 481. The minimum atomic E-state index is -0.243. The van der Waals surface area contributed by atoms with Crippen LogP contribution in [0.4, 0.5) is 9.52 Å². The summed E-state index contributed by atoms with van der Waals surface area (Å²) in [5, 5.41) is 0.589. The number of halogens is 1. The standard InChI is InChI=1S/C10H10FN3S/c1-6-9(15-10(13-6)14-12)7-4-2-3-5-8(7)11/h2-5H,12H2,1H3,(H,13,14). The van der Waals surface area contributed by atoms with Crippen LogP contribution in [0.25, 0.3) is 10.4 Å². The Hall–Kier alpha value is -1.46. The molecule has 2 aromatic rings. The summed E-state index contributed by atoms with van der Waals surface area (Å²) in [6.07, 6.45) is 0. The lowest BCUT2D eigenvalue weighted by Gasteiger charge is -1.99. The average Bonchev–Trinajstić information content (AvgIpc) is 2.60. The number of hydrogen-bond donors (Lipinski definition) is 2. The summed E-state index contributed by atoms with van der Waals surface area (Å²) in [5.41, 5.74) is 3.80. The molecule has 5 heteroatoms. The van der Waals surface area contributed by atoms with E-state index < -0.39 is 0 Å². The van der Waals surface area contributed by atoms with Gasteiger partial charge in [0.05, 0.1) is 10.6 Å². The predicted octanol–water partition coefficient (Wildman–Crippen LogP) is 2.54. The van der Waals surface area contributed by atoms with Gasteiger partial charge in [-0.2, -0.15) is 0 Å². The number of nitrogen functional groups attached to an aromatic ring is 1. The molecule has 1 aromatic heterocycles. The summed E-state index contributed by atoms with van der Waals surface area (Å²) in [4.78, 5) is 4.97. The molecule has 0 atom stereocenters. The van der Waals surface area contributed by atoms with Gasteiger partial charge in [0, 0.05) is 5.56 Å². The molecule has 0 fully saturated rings. The third kappa shape index (κ3) is 1.84. The quantitative estimate of drug-likeness (QED) is 0.607. The molecule has 1 heterocycles. The van der Waals surface area contributed by atoms with Gasteiger partial charge in [0.15, 0.2) is 5.13 Å². The molecule has 0 aliphatic rings. The van der Waals surface area contributed by atoms with Crippen LogP contribution in [0.1, 0.15) is 5.69 Å². The van der Waals surface area contributed by atoms with Crippen molar-refractivity contribution in [2.75, 3.05) is 5.43 Å². The van der Waals surface area contributed by atoms with Gasteiger partial charge in [0.1, 0.15) is 5.82 Å². The SMILES string of the molecule is Cc1nc(NN)sc1-c1ccccc1F. The number of nitrogens with zero attached hydrogens (tertiary/aromatic N) is 1. The molecule has 0 aliphatic heterocycles. The Morgan fingerprint density at radius 3 is 2.73 bits per heavy atom. The van der Waals surface area contributed by atoms with Crippen LogP contribution in [0.3, 0.4) is 0 Å². The molecular weight excluding hydrogens is 213 g/mol. The molecule has 0 aliphatic carbocycles. The summed E-state index contributed by atoms with van der Waals surface area (Å²) in [7, 11) is 0. The molecule has 15 heavy (non-hydrogen) atoms. The highest BCUT2D eigenvalue weighted by Gasteiger charge is 2.12. The van der Waals surface area contributed by atoms with Crippen molar-refractivity contribution in [3.05, 3.63) is 35.8 Å². The normalized spacial score (nSPS) is 10.3. The van der Waals surface area contributed by atoms with Gasteiger partial charge in [-0.15, -0.1) is 0 Å². The molecular formula is C10H10FN3S. The molecule has 78 valence electrons. The highest BCUT2D eigenvalue weighted by molar-refractivity contribution is 7.19. The zero-order valence-corrected chi connectivity index (χ0v) is 8.94. The van der Waals surface area contributed by atoms with Crippen molar-refractivity contribution in [1.82, 2.24) is 4.98 Å². The zero-order valence-electron chi connectivity index (χ0n) is 8.12. The van der Waals surface area contributed by atoms with E-state index in [0.29, 0.717) is 10.7 Å². The first-order valence-electron chi connectivity index (χ1n) is 4.41. The van der Waals surface area contributed by atoms with E-state index in [4.69, 9.17) is 5.84 Å². The summed E-state index contributed by atoms with van der Waals surface area (Å²) < 4.78 is 13.5. The first kappa shape index (κ1) is 10.1. The van der Waals surface area contributed by atoms with Crippen LogP contribution in [-0.2, 0) is 0 Å². The Morgan fingerprint density at radius 1 is 1.40 bits per heavy atom. The maximum Gasteiger partial charge on any atom is 0.197 e. The molecule has 0 amide bonds. The van der Waals surface area contributed by atoms with Gasteiger partial charge in [-0.3, -0.25) is 5.43 Å². The van der Waals surface area contributed by atoms with Gasteiger partial charge in [-0.05, 0) is 13.0 Å². The van der Waals surface area contributed by atoms with Crippen molar-refractivity contribution in [2.24, 2.45) is 5.84 Å². The molecule has 0 saturated carbocycles. The second-order valence-corrected chi connectivity index (χ2v) is 4.06. The van der Waals surface area contributed by atoms with Crippen molar-refractivity contribution in [1.29, 1.82) is 0 Å². The predicted molar refractivity (Wildman–Crippen MR) is 60.1 cm³/mol. The van der Waals surface area contributed by atoms with E-state index in [1.165, 1.54) is 17.4 Å². The van der Waals surface area contributed by atoms with Gasteiger partial charge in [-0.25, -0.2) is 15.2 Å².